The van der Waals surface area contributed by atoms with Gasteiger partial charge in [0.05, 0.1) is 11.1 Å². The summed E-state index contributed by atoms with van der Waals surface area (Å²) < 4.78 is 54.0. The molecule has 1 unspecified atom stereocenters. The van der Waals surface area contributed by atoms with Gasteiger partial charge in [-0.3, -0.25) is 14.3 Å². The summed E-state index contributed by atoms with van der Waals surface area (Å²) in [5, 5.41) is 0. The first-order chi connectivity index (χ1) is 16.7. The number of H-pyrrole nitrogens is 1. The summed E-state index contributed by atoms with van der Waals surface area (Å²) in [5.41, 5.74) is -0.845. The number of pyridine rings is 1. The lowest BCUT2D eigenvalue weighted by Gasteiger charge is -2.21. The highest BCUT2D eigenvalue weighted by Gasteiger charge is 2.60. The van der Waals surface area contributed by atoms with Crippen molar-refractivity contribution >= 4 is 0 Å². The van der Waals surface area contributed by atoms with E-state index >= 15 is 0 Å². The Morgan fingerprint density at radius 2 is 1.80 bits per heavy atom. The van der Waals surface area contributed by atoms with Crippen LogP contribution < -0.4 is 11.2 Å². The topological polar surface area (TPSA) is 71.0 Å². The highest BCUT2D eigenvalue weighted by atomic mass is 19.4. The second-order valence-corrected chi connectivity index (χ2v) is 9.41. The number of rotatable bonds is 7. The van der Waals surface area contributed by atoms with E-state index in [0.29, 0.717) is 18.9 Å². The van der Waals surface area contributed by atoms with E-state index in [2.05, 4.69) is 14.9 Å². The second kappa shape index (κ2) is 8.75. The molecule has 1 aromatic carbocycles. The van der Waals surface area contributed by atoms with Crippen LogP contribution in [0.3, 0.4) is 0 Å². The molecule has 2 atom stereocenters. The molecule has 1 N–H and O–H groups in total. The number of piperidine rings is 1. The fraction of sp³-hybridized carbons (Fsp3) is 0.400. The van der Waals surface area contributed by atoms with Crippen molar-refractivity contribution in [2.75, 3.05) is 19.6 Å². The Bertz CT molecular complexity index is 1350. The molecule has 0 bridgehead atoms. The molecule has 184 valence electrons. The average Bonchev–Trinajstić information content (AvgIpc) is 3.39. The van der Waals surface area contributed by atoms with E-state index in [9.17, 15) is 27.2 Å². The van der Waals surface area contributed by atoms with Crippen LogP contribution in [0.2, 0.25) is 0 Å². The molecule has 1 aliphatic carbocycles. The molecule has 5 rings (SSSR count). The molecule has 35 heavy (non-hydrogen) atoms. The maximum absolute atomic E-state index is 14.0. The van der Waals surface area contributed by atoms with Crippen LogP contribution in [-0.2, 0) is 18.1 Å². The number of aromatic nitrogens is 3. The molecule has 3 aromatic rings. The molecule has 0 spiro atoms. The number of likely N-dealkylation sites (tertiary alicyclic amines) is 1. The third-order valence-corrected chi connectivity index (χ3v) is 7.19. The quantitative estimate of drug-likeness (QED) is 0.312. The number of benzene rings is 1. The van der Waals surface area contributed by atoms with Crippen LogP contribution in [0.5, 0.6) is 0 Å². The van der Waals surface area contributed by atoms with Gasteiger partial charge in [0.25, 0.3) is 5.56 Å². The molecule has 2 aromatic heterocycles. The number of alkyl halides is 3. The van der Waals surface area contributed by atoms with Crippen LogP contribution in [0, 0.1) is 11.9 Å². The zero-order chi connectivity index (χ0) is 24.8. The van der Waals surface area contributed by atoms with Gasteiger partial charge in [-0.1, -0.05) is 12.1 Å². The molecule has 3 heterocycles. The molecule has 1 saturated heterocycles. The van der Waals surface area contributed by atoms with Gasteiger partial charge >= 0.3 is 11.9 Å². The Kier molecular flexibility index (Phi) is 5.86. The fourth-order valence-electron chi connectivity index (χ4n) is 5.27. The molecular weight excluding hydrogens is 464 g/mol. The van der Waals surface area contributed by atoms with E-state index in [1.165, 1.54) is 29.1 Å². The molecular formula is C25H24F4N4O2. The Hall–Kier alpha value is -3.27. The fourth-order valence-corrected chi connectivity index (χ4v) is 5.27. The normalized spacial score (nSPS) is 21.8. The van der Waals surface area contributed by atoms with E-state index in [1.807, 2.05) is 0 Å². The Morgan fingerprint density at radius 1 is 1.06 bits per heavy atom. The van der Waals surface area contributed by atoms with E-state index < -0.39 is 28.9 Å². The standard InChI is InChI=1S/C25H24F4N4O2/c26-21-19(4-3-9-30-21)20-14-33(23(35)31-22(20)34)11-2-1-10-32-13-18-12-24(18,15-32)16-5-7-17(8-6-16)25(27,28)29/h3-9,14,18H,1-2,10-13,15H2,(H,31,34,35)/t18?,24-/m1/s1. The van der Waals surface area contributed by atoms with Crippen molar-refractivity contribution in [3.8, 4) is 11.1 Å². The van der Waals surface area contributed by atoms with Crippen molar-refractivity contribution in [1.82, 2.24) is 19.4 Å². The monoisotopic (exact) mass is 488 g/mol. The zero-order valence-electron chi connectivity index (χ0n) is 18.8. The zero-order valence-corrected chi connectivity index (χ0v) is 18.8. The number of fused-ring (bicyclic) bond motifs is 1. The highest BCUT2D eigenvalue weighted by Crippen LogP contribution is 2.59. The summed E-state index contributed by atoms with van der Waals surface area (Å²) in [6.07, 6.45) is 0.795. The third kappa shape index (κ3) is 4.54. The number of nitrogens with zero attached hydrogens (tertiary/aromatic N) is 3. The van der Waals surface area contributed by atoms with Gasteiger partial charge < -0.3 is 4.90 Å². The van der Waals surface area contributed by atoms with Gasteiger partial charge in [-0.2, -0.15) is 17.6 Å². The van der Waals surface area contributed by atoms with Gasteiger partial charge in [0, 0.05) is 43.0 Å². The van der Waals surface area contributed by atoms with Crippen LogP contribution >= 0.6 is 0 Å². The SMILES string of the molecule is O=c1[nH]c(=O)n(CCCCN2CC3C[C@]3(c3ccc(C(F)(F)F)cc3)C2)cc1-c1cccnc1F. The predicted molar refractivity (Wildman–Crippen MR) is 121 cm³/mol. The van der Waals surface area contributed by atoms with Crippen LogP contribution in [0.4, 0.5) is 17.6 Å². The largest absolute Gasteiger partial charge is 0.416 e. The van der Waals surface area contributed by atoms with Crippen molar-refractivity contribution in [3.63, 3.8) is 0 Å². The van der Waals surface area contributed by atoms with Crippen LogP contribution in [0.25, 0.3) is 11.1 Å². The second-order valence-electron chi connectivity index (χ2n) is 9.41. The number of hydrogen-bond acceptors (Lipinski definition) is 4. The van der Waals surface area contributed by atoms with Crippen molar-refractivity contribution < 1.29 is 17.6 Å². The van der Waals surface area contributed by atoms with E-state index in [4.69, 9.17) is 0 Å². The van der Waals surface area contributed by atoms with E-state index in [-0.39, 0.29) is 16.5 Å². The molecule has 1 aliphatic heterocycles. The molecule has 2 fully saturated rings. The maximum atomic E-state index is 14.0. The predicted octanol–water partition coefficient (Wildman–Crippen LogP) is 3.81. The number of halogens is 4. The van der Waals surface area contributed by atoms with Crippen molar-refractivity contribution in [1.29, 1.82) is 0 Å². The molecule has 10 heteroatoms. The first kappa shape index (κ1) is 23.5. The smallest absolute Gasteiger partial charge is 0.302 e. The first-order valence-corrected chi connectivity index (χ1v) is 11.5. The Balaban J connectivity index is 1.17. The van der Waals surface area contributed by atoms with Crippen LogP contribution in [0.1, 0.15) is 30.4 Å². The lowest BCUT2D eigenvalue weighted by molar-refractivity contribution is -0.137. The average molecular weight is 488 g/mol. The van der Waals surface area contributed by atoms with E-state index in [1.54, 1.807) is 12.1 Å². The molecule has 1 saturated carbocycles. The van der Waals surface area contributed by atoms with Gasteiger partial charge in [-0.05, 0) is 61.6 Å². The summed E-state index contributed by atoms with van der Waals surface area (Å²) in [7, 11) is 0. The molecule has 0 amide bonds. The van der Waals surface area contributed by atoms with Crippen LogP contribution in [0.15, 0.2) is 58.4 Å². The lowest BCUT2D eigenvalue weighted by atomic mass is 9.94. The van der Waals surface area contributed by atoms with Gasteiger partial charge in [0.15, 0.2) is 0 Å². The maximum Gasteiger partial charge on any atom is 0.416 e. The number of nitrogens with one attached hydrogen (secondary N) is 1. The summed E-state index contributed by atoms with van der Waals surface area (Å²) in [4.78, 5) is 32.5. The van der Waals surface area contributed by atoms with E-state index in [0.717, 1.165) is 50.2 Å². The molecule has 0 radical (unpaired) electrons. The number of aryl methyl sites for hydroxylation is 1. The Morgan fingerprint density at radius 3 is 2.51 bits per heavy atom. The summed E-state index contributed by atoms with van der Waals surface area (Å²) >= 11 is 0. The van der Waals surface area contributed by atoms with Crippen molar-refractivity contribution in [2.45, 2.75) is 37.4 Å². The van der Waals surface area contributed by atoms with Crippen molar-refractivity contribution in [2.24, 2.45) is 5.92 Å². The first-order valence-electron chi connectivity index (χ1n) is 11.5. The van der Waals surface area contributed by atoms with Gasteiger partial charge in [-0.15, -0.1) is 0 Å². The van der Waals surface area contributed by atoms with Gasteiger partial charge in [0.1, 0.15) is 0 Å². The molecule has 6 nitrogen and oxygen atoms in total. The third-order valence-electron chi connectivity index (χ3n) is 7.19. The highest BCUT2D eigenvalue weighted by molar-refractivity contribution is 5.60. The number of aromatic amines is 1. The minimum Gasteiger partial charge on any atom is -0.302 e. The Labute approximate surface area is 198 Å². The summed E-state index contributed by atoms with van der Waals surface area (Å²) in [6, 6.07) is 8.50. The van der Waals surface area contributed by atoms with Crippen LogP contribution in [-0.4, -0.2) is 39.1 Å². The van der Waals surface area contributed by atoms with Crippen molar-refractivity contribution in [3.05, 3.63) is 86.7 Å². The lowest BCUT2D eigenvalue weighted by Crippen LogP contribution is -2.31. The van der Waals surface area contributed by atoms with Gasteiger partial charge in [-0.25, -0.2) is 9.78 Å². The minimum absolute atomic E-state index is 0.0346. The molecule has 2 aliphatic rings. The number of unbranched alkanes of at least 4 members (excludes halogenated alkanes) is 1. The summed E-state index contributed by atoms with van der Waals surface area (Å²) in [6.45, 7) is 2.89. The minimum atomic E-state index is -4.33. The number of hydrogen-bond donors (Lipinski definition) is 1. The summed E-state index contributed by atoms with van der Waals surface area (Å²) in [5.74, 6) is -0.323. The van der Waals surface area contributed by atoms with Gasteiger partial charge in [0.2, 0.25) is 5.95 Å².